The van der Waals surface area contributed by atoms with Crippen molar-refractivity contribution in [1.82, 2.24) is 29.7 Å². The first-order valence-electron chi connectivity index (χ1n) is 10.5. The Morgan fingerprint density at radius 3 is 2.75 bits per heavy atom. The summed E-state index contributed by atoms with van der Waals surface area (Å²) in [5.41, 5.74) is 10.4. The molecule has 5 aromatic rings. The van der Waals surface area contributed by atoms with Gasteiger partial charge in [-0.25, -0.2) is 4.98 Å². The van der Waals surface area contributed by atoms with Crippen LogP contribution in [0.1, 0.15) is 22.5 Å². The van der Waals surface area contributed by atoms with Gasteiger partial charge < -0.3 is 9.55 Å². The molecule has 4 heterocycles. The fourth-order valence-corrected chi connectivity index (χ4v) is 4.08. The molecule has 1 aromatic carbocycles. The predicted molar refractivity (Wildman–Crippen MR) is 129 cm³/mol. The molecule has 0 saturated heterocycles. The van der Waals surface area contributed by atoms with Crippen molar-refractivity contribution < 1.29 is 0 Å². The number of nitrogens with zero attached hydrogens (tertiary/aromatic N) is 4. The Morgan fingerprint density at radius 2 is 2.00 bits per heavy atom. The lowest BCUT2D eigenvalue weighted by Crippen LogP contribution is -1.96. The van der Waals surface area contributed by atoms with Crippen LogP contribution >= 0.6 is 0 Å². The molecule has 0 saturated carbocycles. The lowest BCUT2D eigenvalue weighted by molar-refractivity contribution is 1.08. The minimum Gasteiger partial charge on any atom is -0.357 e. The molecule has 2 N–H and O–H groups in total. The number of aromatic nitrogens is 6. The summed E-state index contributed by atoms with van der Waals surface area (Å²) in [7, 11) is 0. The molecule has 6 nitrogen and oxygen atoms in total. The molecule has 0 unspecified atom stereocenters. The van der Waals surface area contributed by atoms with Crippen LogP contribution in [0.3, 0.4) is 0 Å². The number of benzene rings is 1. The number of aryl methyl sites for hydroxylation is 3. The second kappa shape index (κ2) is 7.81. The van der Waals surface area contributed by atoms with Gasteiger partial charge in [0.15, 0.2) is 0 Å². The number of nitrogens with one attached hydrogen (secondary N) is 2. The van der Waals surface area contributed by atoms with Crippen molar-refractivity contribution in [3.05, 3.63) is 96.5 Å². The number of imidazole rings is 1. The van der Waals surface area contributed by atoms with Gasteiger partial charge in [-0.1, -0.05) is 18.7 Å². The average molecular weight is 421 g/mol. The molecular formula is C26H24N6. The molecule has 6 heteroatoms. The van der Waals surface area contributed by atoms with E-state index in [9.17, 15) is 0 Å². The number of aromatic amines is 2. The number of H-pyrrole nitrogens is 2. The molecule has 0 amide bonds. The molecule has 0 aliphatic rings. The monoisotopic (exact) mass is 420 g/mol. The van der Waals surface area contributed by atoms with Gasteiger partial charge in [-0.05, 0) is 62.2 Å². The molecule has 0 spiro atoms. The molecule has 0 aliphatic heterocycles. The number of hydrogen-bond acceptors (Lipinski definition) is 3. The molecule has 4 aromatic heterocycles. The van der Waals surface area contributed by atoms with Gasteiger partial charge in [-0.2, -0.15) is 5.10 Å². The summed E-state index contributed by atoms with van der Waals surface area (Å²) in [5, 5.41) is 8.86. The average Bonchev–Trinajstić information content (AvgIpc) is 3.50. The highest BCUT2D eigenvalue weighted by atomic mass is 15.1. The van der Waals surface area contributed by atoms with E-state index in [1.54, 1.807) is 6.08 Å². The summed E-state index contributed by atoms with van der Waals surface area (Å²) in [6.07, 6.45) is 11.3. The van der Waals surface area contributed by atoms with Gasteiger partial charge in [0.2, 0.25) is 0 Å². The molecule has 0 radical (unpaired) electrons. The topological polar surface area (TPSA) is 75.2 Å². The fourth-order valence-electron chi connectivity index (χ4n) is 4.08. The summed E-state index contributed by atoms with van der Waals surface area (Å²) in [6.45, 7) is 10.0. The Morgan fingerprint density at radius 1 is 1.12 bits per heavy atom. The Balaban J connectivity index is 1.62. The summed E-state index contributed by atoms with van der Waals surface area (Å²) in [4.78, 5) is 12.2. The van der Waals surface area contributed by atoms with E-state index in [1.165, 1.54) is 5.56 Å². The van der Waals surface area contributed by atoms with E-state index < -0.39 is 0 Å². The normalized spacial score (nSPS) is 11.9. The zero-order chi connectivity index (χ0) is 22.2. The van der Waals surface area contributed by atoms with Crippen molar-refractivity contribution >= 4 is 16.6 Å². The summed E-state index contributed by atoms with van der Waals surface area (Å²) in [5.74, 6) is 0. The predicted octanol–water partition coefficient (Wildman–Crippen LogP) is 5.82. The maximum Gasteiger partial charge on any atom is 0.116 e. The standard InChI is InChI=1S/C26H24N6/c1-5-6-25(32-14-17(3)28-15-32)20-12-24(29-18(20)4)26-21-11-19(7-8-23(21)30-31-26)22-13-27-10-9-16(22)2/h5-15,29H,1H2,2-4H3,(H,30,31)/b25-6+. The molecule has 32 heavy (non-hydrogen) atoms. The third-order valence-electron chi connectivity index (χ3n) is 5.72. The van der Waals surface area contributed by atoms with E-state index in [0.29, 0.717) is 0 Å². The number of fused-ring (bicyclic) bond motifs is 1. The lowest BCUT2D eigenvalue weighted by atomic mass is 10.0. The van der Waals surface area contributed by atoms with E-state index in [-0.39, 0.29) is 0 Å². The van der Waals surface area contributed by atoms with Crippen LogP contribution < -0.4 is 0 Å². The molecule has 0 aliphatic carbocycles. The SMILES string of the molecule is C=C/C=C(\c1cc(-c2n[nH]c3ccc(-c4cnccc4C)cc23)[nH]c1C)n1cnc(C)c1. The first-order valence-corrected chi connectivity index (χ1v) is 10.5. The Bertz CT molecular complexity index is 1480. The highest BCUT2D eigenvalue weighted by Gasteiger charge is 2.16. The van der Waals surface area contributed by atoms with Crippen molar-refractivity contribution in [3.63, 3.8) is 0 Å². The van der Waals surface area contributed by atoms with Crippen LogP contribution in [0.5, 0.6) is 0 Å². The highest BCUT2D eigenvalue weighted by Crippen LogP contribution is 2.33. The number of rotatable bonds is 5. The van der Waals surface area contributed by atoms with Crippen LogP contribution in [0.25, 0.3) is 39.1 Å². The van der Waals surface area contributed by atoms with Crippen LogP contribution in [-0.2, 0) is 0 Å². The van der Waals surface area contributed by atoms with Gasteiger partial charge in [0.25, 0.3) is 0 Å². The lowest BCUT2D eigenvalue weighted by Gasteiger charge is -2.07. The fraction of sp³-hybridized carbons (Fsp3) is 0.115. The van der Waals surface area contributed by atoms with Crippen molar-refractivity contribution in [2.45, 2.75) is 20.8 Å². The first kappa shape index (κ1) is 19.8. The molecule has 0 bridgehead atoms. The van der Waals surface area contributed by atoms with E-state index >= 15 is 0 Å². The van der Waals surface area contributed by atoms with Gasteiger partial charge in [-0.15, -0.1) is 0 Å². The second-order valence-corrected chi connectivity index (χ2v) is 7.95. The minimum absolute atomic E-state index is 0.887. The molecule has 0 fully saturated rings. The van der Waals surface area contributed by atoms with Gasteiger partial charge >= 0.3 is 0 Å². The third kappa shape index (κ3) is 3.36. The van der Waals surface area contributed by atoms with Gasteiger partial charge in [0.1, 0.15) is 5.69 Å². The maximum absolute atomic E-state index is 4.63. The molecule has 0 atom stereocenters. The smallest absolute Gasteiger partial charge is 0.116 e. The zero-order valence-electron chi connectivity index (χ0n) is 18.3. The second-order valence-electron chi connectivity index (χ2n) is 7.95. The van der Waals surface area contributed by atoms with E-state index in [1.807, 2.05) is 48.6 Å². The molecule has 5 rings (SSSR count). The Kier molecular flexibility index (Phi) is 4.82. The van der Waals surface area contributed by atoms with Crippen LogP contribution in [0.4, 0.5) is 0 Å². The minimum atomic E-state index is 0.887. The van der Waals surface area contributed by atoms with Crippen molar-refractivity contribution in [1.29, 1.82) is 0 Å². The summed E-state index contributed by atoms with van der Waals surface area (Å²) < 4.78 is 2.02. The Hall–Kier alpha value is -4.19. The molecule has 158 valence electrons. The highest BCUT2D eigenvalue weighted by molar-refractivity contribution is 5.95. The van der Waals surface area contributed by atoms with E-state index in [2.05, 4.69) is 69.8 Å². The van der Waals surface area contributed by atoms with Crippen LogP contribution in [0.15, 0.2) is 74.0 Å². The number of hydrogen-bond donors (Lipinski definition) is 2. The number of pyridine rings is 1. The van der Waals surface area contributed by atoms with Crippen molar-refractivity contribution in [2.75, 3.05) is 0 Å². The van der Waals surface area contributed by atoms with Gasteiger partial charge in [-0.3, -0.25) is 10.1 Å². The zero-order valence-corrected chi connectivity index (χ0v) is 18.3. The van der Waals surface area contributed by atoms with Crippen LogP contribution in [0, 0.1) is 20.8 Å². The van der Waals surface area contributed by atoms with Crippen molar-refractivity contribution in [3.8, 4) is 22.5 Å². The van der Waals surface area contributed by atoms with Gasteiger partial charge in [0.05, 0.1) is 28.9 Å². The van der Waals surface area contributed by atoms with Gasteiger partial charge in [0, 0.05) is 40.8 Å². The van der Waals surface area contributed by atoms with E-state index in [4.69, 9.17) is 0 Å². The van der Waals surface area contributed by atoms with Crippen molar-refractivity contribution in [2.24, 2.45) is 0 Å². The third-order valence-corrected chi connectivity index (χ3v) is 5.72. The summed E-state index contributed by atoms with van der Waals surface area (Å²) in [6, 6.07) is 10.5. The maximum atomic E-state index is 4.63. The number of allylic oxidation sites excluding steroid dienone is 2. The largest absolute Gasteiger partial charge is 0.357 e. The van der Waals surface area contributed by atoms with Crippen LogP contribution in [-0.4, -0.2) is 29.7 Å². The molecular weight excluding hydrogens is 396 g/mol. The summed E-state index contributed by atoms with van der Waals surface area (Å²) >= 11 is 0. The quantitative estimate of drug-likeness (QED) is 0.352. The van der Waals surface area contributed by atoms with E-state index in [0.717, 1.165) is 56.1 Å². The first-order chi connectivity index (χ1) is 15.5. The Labute approximate surface area is 186 Å². The van der Waals surface area contributed by atoms with Crippen LogP contribution in [0.2, 0.25) is 0 Å².